The van der Waals surface area contributed by atoms with E-state index >= 15 is 4.39 Å². The summed E-state index contributed by atoms with van der Waals surface area (Å²) in [7, 11) is 1.68. The first-order chi connectivity index (χ1) is 18.4. The Labute approximate surface area is 219 Å². The second-order valence-corrected chi connectivity index (χ2v) is 8.44. The molecule has 0 aliphatic rings. The molecule has 0 saturated heterocycles. The van der Waals surface area contributed by atoms with Crippen molar-refractivity contribution < 1.29 is 27.2 Å². The van der Waals surface area contributed by atoms with E-state index in [4.69, 9.17) is 5.73 Å². The highest BCUT2D eigenvalue weighted by Crippen LogP contribution is 2.43. The first kappa shape index (κ1) is 26.9. The van der Waals surface area contributed by atoms with Crippen molar-refractivity contribution in [2.24, 2.45) is 7.05 Å². The number of fused-ring (bicyclic) bond motifs is 1. The van der Waals surface area contributed by atoms with Gasteiger partial charge >= 0.3 is 6.18 Å². The molecule has 0 saturated carbocycles. The maximum atomic E-state index is 15.1. The summed E-state index contributed by atoms with van der Waals surface area (Å²) in [5.74, 6) is -2.62. The lowest BCUT2D eigenvalue weighted by molar-refractivity contribution is -0.123. The second-order valence-electron chi connectivity index (χ2n) is 8.44. The number of aryl methyl sites for hydroxylation is 1. The lowest BCUT2D eigenvalue weighted by atomic mass is 9.96. The number of nitrogens with zero attached hydrogens (tertiary/aromatic N) is 3. The Bertz CT molecular complexity index is 1670. The highest BCUT2D eigenvalue weighted by Gasteiger charge is 2.29. The van der Waals surface area contributed by atoms with Gasteiger partial charge in [-0.15, -0.1) is 0 Å². The van der Waals surface area contributed by atoms with Crippen molar-refractivity contribution in [2.45, 2.75) is 6.18 Å². The van der Waals surface area contributed by atoms with Crippen LogP contribution in [0.5, 0.6) is 0 Å². The zero-order valence-corrected chi connectivity index (χ0v) is 20.4. The van der Waals surface area contributed by atoms with E-state index in [1.807, 2.05) is 0 Å². The summed E-state index contributed by atoms with van der Waals surface area (Å²) >= 11 is 0. The van der Waals surface area contributed by atoms with Crippen LogP contribution in [-0.2, 0) is 11.8 Å². The molecule has 2 aromatic carbocycles. The van der Waals surface area contributed by atoms with E-state index in [1.54, 1.807) is 41.2 Å². The van der Waals surface area contributed by atoms with E-state index in [1.165, 1.54) is 12.3 Å². The molecular weight excluding hydrogens is 516 g/mol. The number of hydrogen-bond donors (Lipinski definition) is 3. The van der Waals surface area contributed by atoms with Crippen LogP contribution in [0.3, 0.4) is 0 Å². The molecule has 0 aliphatic heterocycles. The maximum absolute atomic E-state index is 15.1. The molecule has 4 N–H and O–H groups in total. The number of halogens is 4. The summed E-state index contributed by atoms with van der Waals surface area (Å²) in [5.41, 5.74) is 8.50. The van der Waals surface area contributed by atoms with Gasteiger partial charge in [0.25, 0.3) is 5.91 Å². The van der Waals surface area contributed by atoms with Gasteiger partial charge in [-0.05, 0) is 41.5 Å². The van der Waals surface area contributed by atoms with Crippen LogP contribution in [0.1, 0.15) is 15.9 Å². The summed E-state index contributed by atoms with van der Waals surface area (Å²) in [4.78, 5) is 27.9. The smallest absolute Gasteiger partial charge is 0.383 e. The normalized spacial score (nSPS) is 11.2. The molecule has 8 nitrogen and oxygen atoms in total. The fourth-order valence-corrected chi connectivity index (χ4v) is 4.24. The molecule has 0 bridgehead atoms. The molecular formula is C27H20F4N6O2. The number of carbonyl (C=O) groups excluding carboxylic acids is 2. The summed E-state index contributed by atoms with van der Waals surface area (Å²) in [5, 5.41) is 14.3. The monoisotopic (exact) mass is 536 g/mol. The number of nitriles is 1. The van der Waals surface area contributed by atoms with Crippen molar-refractivity contribution in [3.63, 3.8) is 0 Å². The average Bonchev–Trinajstić information content (AvgIpc) is 3.21. The van der Waals surface area contributed by atoms with Crippen LogP contribution >= 0.6 is 0 Å². The van der Waals surface area contributed by atoms with Crippen molar-refractivity contribution in [1.82, 2.24) is 14.9 Å². The molecule has 0 atom stereocenters. The number of pyridine rings is 1. The minimum atomic E-state index is -4.66. The molecule has 0 unspecified atom stereocenters. The van der Waals surface area contributed by atoms with Gasteiger partial charge in [-0.3, -0.25) is 9.59 Å². The van der Waals surface area contributed by atoms with Gasteiger partial charge in [0.15, 0.2) is 0 Å². The molecule has 12 heteroatoms. The number of carbonyl (C=O) groups is 2. The van der Waals surface area contributed by atoms with Crippen LogP contribution in [0.4, 0.5) is 29.1 Å². The molecule has 39 heavy (non-hydrogen) atoms. The number of benzene rings is 2. The minimum Gasteiger partial charge on any atom is -0.383 e. The first-order valence-electron chi connectivity index (χ1n) is 11.3. The van der Waals surface area contributed by atoms with Crippen LogP contribution < -0.4 is 16.4 Å². The van der Waals surface area contributed by atoms with E-state index in [2.05, 4.69) is 22.9 Å². The first-order valence-corrected chi connectivity index (χ1v) is 11.3. The number of nitrogens with one attached hydrogen (secondary N) is 2. The van der Waals surface area contributed by atoms with Crippen LogP contribution in [0.15, 0.2) is 61.3 Å². The number of alkyl halides is 3. The molecule has 4 rings (SSSR count). The highest BCUT2D eigenvalue weighted by atomic mass is 19.4. The zero-order chi connectivity index (χ0) is 28.5. The zero-order valence-electron chi connectivity index (χ0n) is 20.4. The van der Waals surface area contributed by atoms with Gasteiger partial charge in [-0.2, -0.15) is 18.4 Å². The van der Waals surface area contributed by atoms with E-state index in [9.17, 15) is 28.0 Å². The molecule has 0 radical (unpaired) electrons. The van der Waals surface area contributed by atoms with Crippen LogP contribution in [0.25, 0.3) is 33.3 Å². The van der Waals surface area contributed by atoms with Crippen molar-refractivity contribution in [1.29, 1.82) is 5.26 Å². The van der Waals surface area contributed by atoms with Gasteiger partial charge in [0.1, 0.15) is 24.2 Å². The Morgan fingerprint density at radius 2 is 1.85 bits per heavy atom. The number of nitrogens with two attached hydrogens (primary N) is 1. The lowest BCUT2D eigenvalue weighted by Gasteiger charge is -2.12. The van der Waals surface area contributed by atoms with Crippen molar-refractivity contribution in [3.05, 3.63) is 78.3 Å². The van der Waals surface area contributed by atoms with Crippen molar-refractivity contribution in [2.75, 3.05) is 17.6 Å². The third kappa shape index (κ3) is 5.28. The van der Waals surface area contributed by atoms with Gasteiger partial charge in [-0.1, -0.05) is 24.8 Å². The number of nitrogen functional groups attached to an aromatic ring is 1. The Kier molecular flexibility index (Phi) is 7.09. The van der Waals surface area contributed by atoms with E-state index in [0.29, 0.717) is 33.4 Å². The van der Waals surface area contributed by atoms with Gasteiger partial charge in [0.05, 0.1) is 27.7 Å². The number of rotatable bonds is 6. The molecule has 4 aromatic rings. The topological polar surface area (TPSA) is 126 Å². The van der Waals surface area contributed by atoms with Crippen LogP contribution in [0.2, 0.25) is 0 Å². The van der Waals surface area contributed by atoms with Crippen LogP contribution in [0, 0.1) is 17.1 Å². The second kappa shape index (κ2) is 10.3. The predicted molar refractivity (Wildman–Crippen MR) is 138 cm³/mol. The summed E-state index contributed by atoms with van der Waals surface area (Å²) in [6.07, 6.45) is -2.22. The third-order valence-corrected chi connectivity index (χ3v) is 5.92. The SMILES string of the molecule is C=CC(=O)Nc1ccc(-c2c(-c3ccc(C(=O)NCC(F)(F)F)c(F)c3)c3c(N)ncc(C#N)c3n2C)cc1. The molecule has 2 aromatic heterocycles. The van der Waals surface area contributed by atoms with E-state index in [0.717, 1.165) is 18.2 Å². The standard InChI is InChI=1S/C27H20F4N6O2/c1-3-20(38)36-17-7-4-14(5-8-17)23-21(22-24(37(23)2)16(11-32)12-34-25(22)33)15-6-9-18(19(28)10-15)26(39)35-13-27(29,30)31/h3-10,12H,1,13H2,2H3,(H2,33,34)(H,35,39)(H,36,38). The fraction of sp³-hybridized carbons (Fsp3) is 0.111. The van der Waals surface area contributed by atoms with Crippen molar-refractivity contribution in [3.8, 4) is 28.5 Å². The molecule has 0 fully saturated rings. The molecule has 0 aliphatic carbocycles. The quantitative estimate of drug-likeness (QED) is 0.238. The minimum absolute atomic E-state index is 0.0584. The van der Waals surface area contributed by atoms with Gasteiger partial charge in [-0.25, -0.2) is 9.37 Å². The largest absolute Gasteiger partial charge is 0.405 e. The van der Waals surface area contributed by atoms with Gasteiger partial charge in [0, 0.05) is 24.5 Å². The summed E-state index contributed by atoms with van der Waals surface area (Å²) in [6, 6.07) is 12.2. The Morgan fingerprint density at radius 3 is 2.44 bits per heavy atom. The molecule has 0 spiro atoms. The number of amides is 2. The number of hydrogen-bond acceptors (Lipinski definition) is 5. The Morgan fingerprint density at radius 1 is 1.18 bits per heavy atom. The molecule has 2 heterocycles. The van der Waals surface area contributed by atoms with E-state index < -0.39 is 35.9 Å². The Hall–Kier alpha value is -5.18. The van der Waals surface area contributed by atoms with Gasteiger partial charge < -0.3 is 20.9 Å². The number of aromatic nitrogens is 2. The molecule has 198 valence electrons. The average molecular weight is 536 g/mol. The predicted octanol–water partition coefficient (Wildman–Crippen LogP) is 4.92. The number of anilines is 2. The summed E-state index contributed by atoms with van der Waals surface area (Å²) < 4.78 is 54.3. The summed E-state index contributed by atoms with van der Waals surface area (Å²) in [6.45, 7) is 1.80. The lowest BCUT2D eigenvalue weighted by Crippen LogP contribution is -2.34. The molecule has 2 amide bonds. The Balaban J connectivity index is 1.90. The third-order valence-electron chi connectivity index (χ3n) is 5.92. The van der Waals surface area contributed by atoms with Crippen LogP contribution in [-0.4, -0.2) is 34.1 Å². The maximum Gasteiger partial charge on any atom is 0.405 e. The van der Waals surface area contributed by atoms with Crippen molar-refractivity contribution >= 4 is 34.2 Å². The van der Waals surface area contributed by atoms with E-state index in [-0.39, 0.29) is 16.9 Å². The highest BCUT2D eigenvalue weighted by molar-refractivity contribution is 6.11. The fourth-order valence-electron chi connectivity index (χ4n) is 4.24. The van der Waals surface area contributed by atoms with Gasteiger partial charge in [0.2, 0.25) is 5.91 Å².